The maximum atomic E-state index is 14.4. The number of halogens is 1. The molecule has 0 N–H and O–H groups in total. The molecule has 0 radical (unpaired) electrons. The molecule has 0 heterocycles. The van der Waals surface area contributed by atoms with Crippen molar-refractivity contribution in [3.63, 3.8) is 0 Å². The van der Waals surface area contributed by atoms with Crippen LogP contribution >= 0.6 is 0 Å². The van der Waals surface area contributed by atoms with Gasteiger partial charge in [-0.1, -0.05) is 83.4 Å². The van der Waals surface area contributed by atoms with Crippen LogP contribution in [-0.2, 0) is 4.79 Å². The predicted molar refractivity (Wildman–Crippen MR) is 125 cm³/mol. The molecule has 0 saturated carbocycles. The number of esters is 1. The third-order valence-corrected chi connectivity index (χ3v) is 5.34. The SMILES string of the molecule is CCCCCCCCC(=O)Oc1ccc(-c2ccc(OCCCCCC)c(F)c2)cc1. The summed E-state index contributed by atoms with van der Waals surface area (Å²) in [7, 11) is 0. The molecule has 0 fully saturated rings. The topological polar surface area (TPSA) is 35.5 Å². The summed E-state index contributed by atoms with van der Waals surface area (Å²) >= 11 is 0. The van der Waals surface area contributed by atoms with Crippen molar-refractivity contribution in [2.75, 3.05) is 6.61 Å². The Morgan fingerprint density at radius 2 is 1.39 bits per heavy atom. The van der Waals surface area contributed by atoms with Gasteiger partial charge in [-0.25, -0.2) is 4.39 Å². The van der Waals surface area contributed by atoms with Gasteiger partial charge in [-0.3, -0.25) is 4.79 Å². The highest BCUT2D eigenvalue weighted by molar-refractivity contribution is 5.73. The van der Waals surface area contributed by atoms with E-state index >= 15 is 0 Å². The lowest BCUT2D eigenvalue weighted by atomic mass is 10.1. The molecule has 0 atom stereocenters. The number of carbonyl (C=O) groups excluding carboxylic acids is 1. The number of ether oxygens (including phenoxy) is 2. The van der Waals surface area contributed by atoms with Crippen LogP contribution in [0.15, 0.2) is 42.5 Å². The van der Waals surface area contributed by atoms with Gasteiger partial charge >= 0.3 is 5.97 Å². The summed E-state index contributed by atoms with van der Waals surface area (Å²) in [4.78, 5) is 12.0. The van der Waals surface area contributed by atoms with Gasteiger partial charge < -0.3 is 9.47 Å². The molecule has 0 unspecified atom stereocenters. The molecule has 0 spiro atoms. The van der Waals surface area contributed by atoms with Crippen LogP contribution in [0.25, 0.3) is 11.1 Å². The van der Waals surface area contributed by atoms with Crippen molar-refractivity contribution < 1.29 is 18.7 Å². The number of rotatable bonds is 15. The summed E-state index contributed by atoms with van der Waals surface area (Å²) in [6, 6.07) is 12.2. The van der Waals surface area contributed by atoms with Crippen LogP contribution in [0.3, 0.4) is 0 Å². The van der Waals surface area contributed by atoms with E-state index in [-0.39, 0.29) is 11.8 Å². The molecular formula is C27H37FO3. The van der Waals surface area contributed by atoms with Crippen molar-refractivity contribution in [3.8, 4) is 22.6 Å². The predicted octanol–water partition coefficient (Wildman–Crippen LogP) is 8.11. The fraction of sp³-hybridized carbons (Fsp3) is 0.519. The van der Waals surface area contributed by atoms with E-state index in [0.29, 0.717) is 24.5 Å². The minimum Gasteiger partial charge on any atom is -0.491 e. The number of unbranched alkanes of at least 4 members (excludes halogenated alkanes) is 8. The van der Waals surface area contributed by atoms with E-state index in [2.05, 4.69) is 13.8 Å². The van der Waals surface area contributed by atoms with Crippen LogP contribution < -0.4 is 9.47 Å². The van der Waals surface area contributed by atoms with Crippen LogP contribution in [0.1, 0.15) is 84.5 Å². The Morgan fingerprint density at radius 3 is 2.06 bits per heavy atom. The van der Waals surface area contributed by atoms with Crippen LogP contribution in [0.4, 0.5) is 4.39 Å². The van der Waals surface area contributed by atoms with Gasteiger partial charge in [-0.15, -0.1) is 0 Å². The highest BCUT2D eigenvalue weighted by atomic mass is 19.1. The Labute approximate surface area is 187 Å². The summed E-state index contributed by atoms with van der Waals surface area (Å²) in [5.41, 5.74) is 1.63. The number of carbonyl (C=O) groups is 1. The minimum atomic E-state index is -0.359. The largest absolute Gasteiger partial charge is 0.491 e. The molecule has 0 aliphatic heterocycles. The zero-order chi connectivity index (χ0) is 22.3. The van der Waals surface area contributed by atoms with Gasteiger partial charge in [0.2, 0.25) is 0 Å². The van der Waals surface area contributed by atoms with E-state index in [9.17, 15) is 9.18 Å². The zero-order valence-electron chi connectivity index (χ0n) is 19.1. The monoisotopic (exact) mass is 428 g/mol. The molecule has 2 aromatic carbocycles. The molecule has 0 aromatic heterocycles. The van der Waals surface area contributed by atoms with Crippen molar-refractivity contribution >= 4 is 5.97 Å². The molecule has 170 valence electrons. The van der Waals surface area contributed by atoms with E-state index < -0.39 is 0 Å². The quantitative estimate of drug-likeness (QED) is 0.163. The van der Waals surface area contributed by atoms with Gasteiger partial charge in [0.15, 0.2) is 11.6 Å². The second kappa shape index (κ2) is 14.6. The number of benzene rings is 2. The van der Waals surface area contributed by atoms with Gasteiger partial charge in [-0.2, -0.15) is 0 Å². The first-order valence-electron chi connectivity index (χ1n) is 11.9. The first-order chi connectivity index (χ1) is 15.1. The van der Waals surface area contributed by atoms with Gasteiger partial charge in [0.05, 0.1) is 6.61 Å². The summed E-state index contributed by atoms with van der Waals surface area (Å²) in [5.74, 6) is 0.255. The van der Waals surface area contributed by atoms with Crippen molar-refractivity contribution in [1.82, 2.24) is 0 Å². The van der Waals surface area contributed by atoms with Crippen molar-refractivity contribution in [1.29, 1.82) is 0 Å². The Kier molecular flexibility index (Phi) is 11.7. The second-order valence-corrected chi connectivity index (χ2v) is 8.07. The summed E-state index contributed by atoms with van der Waals surface area (Å²) < 4.78 is 25.4. The lowest BCUT2D eigenvalue weighted by Crippen LogP contribution is -2.07. The average molecular weight is 429 g/mol. The number of hydrogen-bond acceptors (Lipinski definition) is 3. The van der Waals surface area contributed by atoms with Crippen molar-refractivity contribution in [2.24, 2.45) is 0 Å². The molecule has 2 aromatic rings. The fourth-order valence-corrected chi connectivity index (χ4v) is 3.46. The molecule has 31 heavy (non-hydrogen) atoms. The summed E-state index contributed by atoms with van der Waals surface area (Å²) in [6.45, 7) is 4.89. The first kappa shape index (κ1) is 24.9. The zero-order valence-corrected chi connectivity index (χ0v) is 19.1. The Balaban J connectivity index is 1.80. The Hall–Kier alpha value is -2.36. The van der Waals surface area contributed by atoms with E-state index in [1.165, 1.54) is 44.6 Å². The minimum absolute atomic E-state index is 0.199. The van der Waals surface area contributed by atoms with Crippen LogP contribution in [-0.4, -0.2) is 12.6 Å². The normalized spacial score (nSPS) is 10.8. The first-order valence-corrected chi connectivity index (χ1v) is 11.9. The van der Waals surface area contributed by atoms with Crippen LogP contribution in [0.5, 0.6) is 11.5 Å². The summed E-state index contributed by atoms with van der Waals surface area (Å²) in [6.07, 6.45) is 11.7. The summed E-state index contributed by atoms with van der Waals surface area (Å²) in [5, 5.41) is 0. The third-order valence-electron chi connectivity index (χ3n) is 5.34. The van der Waals surface area contributed by atoms with Crippen molar-refractivity contribution in [3.05, 3.63) is 48.3 Å². The van der Waals surface area contributed by atoms with Gasteiger partial charge in [0.1, 0.15) is 5.75 Å². The molecule has 4 heteroatoms. The molecule has 0 aliphatic carbocycles. The van der Waals surface area contributed by atoms with E-state index in [1.54, 1.807) is 18.2 Å². The maximum Gasteiger partial charge on any atom is 0.311 e. The van der Waals surface area contributed by atoms with Crippen LogP contribution in [0.2, 0.25) is 0 Å². The second-order valence-electron chi connectivity index (χ2n) is 8.07. The average Bonchev–Trinajstić information content (AvgIpc) is 2.77. The number of hydrogen-bond donors (Lipinski definition) is 0. The molecule has 0 saturated heterocycles. The highest BCUT2D eigenvalue weighted by Crippen LogP contribution is 2.27. The van der Waals surface area contributed by atoms with Crippen LogP contribution in [0, 0.1) is 5.82 Å². The fourth-order valence-electron chi connectivity index (χ4n) is 3.46. The van der Waals surface area contributed by atoms with Gasteiger partial charge in [-0.05, 0) is 48.2 Å². The lowest BCUT2D eigenvalue weighted by molar-refractivity contribution is -0.134. The standard InChI is InChI=1S/C27H37FO3/c1-3-5-7-9-10-11-13-27(29)31-24-17-14-22(15-18-24)23-16-19-26(25(28)21-23)30-20-12-8-6-4-2/h14-19,21H,3-13,20H2,1-2H3. The molecule has 0 aliphatic rings. The third kappa shape index (κ3) is 9.54. The van der Waals surface area contributed by atoms with Gasteiger partial charge in [0, 0.05) is 6.42 Å². The Bertz CT molecular complexity index is 771. The molecule has 0 bridgehead atoms. The van der Waals surface area contributed by atoms with E-state index in [4.69, 9.17) is 9.47 Å². The molecule has 2 rings (SSSR count). The Morgan fingerprint density at radius 1 is 0.774 bits per heavy atom. The van der Waals surface area contributed by atoms with Gasteiger partial charge in [0.25, 0.3) is 0 Å². The molecule has 0 amide bonds. The molecular weight excluding hydrogens is 391 g/mol. The maximum absolute atomic E-state index is 14.4. The van der Waals surface area contributed by atoms with E-state index in [0.717, 1.165) is 36.8 Å². The molecule has 3 nitrogen and oxygen atoms in total. The smallest absolute Gasteiger partial charge is 0.311 e. The lowest BCUT2D eigenvalue weighted by Gasteiger charge is -2.10. The highest BCUT2D eigenvalue weighted by Gasteiger charge is 2.08. The van der Waals surface area contributed by atoms with Crippen molar-refractivity contribution in [2.45, 2.75) is 84.5 Å². The van der Waals surface area contributed by atoms with E-state index in [1.807, 2.05) is 18.2 Å².